The third kappa shape index (κ3) is 3.01. The number of hydrogen-bond acceptors (Lipinski definition) is 3. The SMILES string of the molecule is Cn1cc2c(c1C(=O)Nc1ccc(F)c(F)c1)OCC1CC(C1)NS2=O. The highest BCUT2D eigenvalue weighted by Gasteiger charge is 2.35. The summed E-state index contributed by atoms with van der Waals surface area (Å²) in [5.74, 6) is -1.98. The number of nitrogens with zero attached hydrogens (tertiary/aromatic N) is 1. The highest BCUT2D eigenvalue weighted by Crippen LogP contribution is 2.36. The van der Waals surface area contributed by atoms with Crippen LogP contribution in [0.15, 0.2) is 29.3 Å². The summed E-state index contributed by atoms with van der Waals surface area (Å²) in [7, 11) is 0.148. The number of aryl methyl sites for hydroxylation is 1. The summed E-state index contributed by atoms with van der Waals surface area (Å²) in [5.41, 5.74) is 0.299. The molecule has 26 heavy (non-hydrogen) atoms. The first-order valence-corrected chi connectivity index (χ1v) is 9.34. The Hall–Kier alpha value is -2.26. The third-order valence-corrected chi connectivity index (χ3v) is 5.91. The Morgan fingerprint density at radius 1 is 1.35 bits per heavy atom. The zero-order valence-electron chi connectivity index (χ0n) is 13.9. The van der Waals surface area contributed by atoms with E-state index in [1.165, 1.54) is 10.6 Å². The van der Waals surface area contributed by atoms with Crippen molar-refractivity contribution in [3.05, 3.63) is 41.7 Å². The molecule has 3 heterocycles. The van der Waals surface area contributed by atoms with Crippen molar-refractivity contribution in [3.8, 4) is 5.75 Å². The van der Waals surface area contributed by atoms with E-state index in [4.69, 9.17) is 4.74 Å². The fourth-order valence-electron chi connectivity index (χ4n) is 3.26. The molecule has 1 fully saturated rings. The summed E-state index contributed by atoms with van der Waals surface area (Å²) in [5, 5.41) is 2.53. The number of benzene rings is 1. The number of hydrogen-bond donors (Lipinski definition) is 2. The summed E-state index contributed by atoms with van der Waals surface area (Å²) in [4.78, 5) is 13.1. The fourth-order valence-corrected chi connectivity index (χ4v) is 4.46. The van der Waals surface area contributed by atoms with Gasteiger partial charge in [0.2, 0.25) is 0 Å². The summed E-state index contributed by atoms with van der Waals surface area (Å²) >= 11 is 0. The van der Waals surface area contributed by atoms with E-state index in [0.29, 0.717) is 17.4 Å². The zero-order chi connectivity index (χ0) is 18.4. The maximum Gasteiger partial charge on any atom is 0.276 e. The molecule has 5 rings (SSSR count). The van der Waals surface area contributed by atoms with Crippen molar-refractivity contribution >= 4 is 22.6 Å². The molecular weight excluding hydrogens is 364 g/mol. The molecule has 6 nitrogen and oxygen atoms in total. The van der Waals surface area contributed by atoms with E-state index in [0.717, 1.165) is 25.0 Å². The van der Waals surface area contributed by atoms with Gasteiger partial charge < -0.3 is 14.6 Å². The van der Waals surface area contributed by atoms with Crippen LogP contribution in [-0.2, 0) is 18.0 Å². The van der Waals surface area contributed by atoms with Gasteiger partial charge in [-0.05, 0) is 30.9 Å². The standard InChI is InChI=1S/C17H17F2N3O3S/c1-22-7-14-16(25-8-9-4-11(5-9)21-26(14)24)15(22)17(23)20-10-2-3-12(18)13(19)6-10/h2-3,6-7,9,11,21H,4-5,8H2,1H3,(H,20,23). The quantitative estimate of drug-likeness (QED) is 0.839. The molecule has 1 aliphatic carbocycles. The molecule has 2 aromatic rings. The predicted octanol–water partition coefficient (Wildman–Crippen LogP) is 2.34. The number of fused-ring (bicyclic) bond motifs is 2. The maximum absolute atomic E-state index is 13.4. The van der Waals surface area contributed by atoms with Gasteiger partial charge in [-0.15, -0.1) is 0 Å². The molecular formula is C17H17F2N3O3S. The molecule has 1 unspecified atom stereocenters. The molecule has 2 N–H and O–H groups in total. The van der Waals surface area contributed by atoms with Crippen molar-refractivity contribution in [1.82, 2.24) is 9.29 Å². The largest absolute Gasteiger partial charge is 0.489 e. The molecule has 0 radical (unpaired) electrons. The molecule has 1 saturated carbocycles. The number of halogens is 2. The smallest absolute Gasteiger partial charge is 0.276 e. The zero-order valence-corrected chi connectivity index (χ0v) is 14.7. The van der Waals surface area contributed by atoms with Crippen LogP contribution in [-0.4, -0.2) is 27.3 Å². The normalized spacial score (nSPS) is 24.3. The molecule has 1 atom stereocenters. The molecule has 1 amide bonds. The minimum Gasteiger partial charge on any atom is -0.489 e. The molecule has 1 aromatic carbocycles. The highest BCUT2D eigenvalue weighted by atomic mass is 32.2. The number of anilines is 1. The fraction of sp³-hybridized carbons (Fsp3) is 0.353. The van der Waals surface area contributed by atoms with Crippen molar-refractivity contribution in [2.45, 2.75) is 23.8 Å². The van der Waals surface area contributed by atoms with Gasteiger partial charge in [0.15, 0.2) is 23.1 Å². The Bertz CT molecular complexity index is 909. The van der Waals surface area contributed by atoms with Gasteiger partial charge in [-0.3, -0.25) is 4.79 Å². The lowest BCUT2D eigenvalue weighted by atomic mass is 9.81. The predicted molar refractivity (Wildman–Crippen MR) is 91.3 cm³/mol. The number of nitrogens with one attached hydrogen (secondary N) is 2. The van der Waals surface area contributed by atoms with Gasteiger partial charge in [0.1, 0.15) is 15.9 Å². The van der Waals surface area contributed by atoms with Crippen molar-refractivity contribution in [2.24, 2.45) is 13.0 Å². The second-order valence-corrected chi connectivity index (χ2v) is 7.81. The van der Waals surface area contributed by atoms with Gasteiger partial charge in [0.05, 0.1) is 6.61 Å². The highest BCUT2D eigenvalue weighted by molar-refractivity contribution is 7.83. The van der Waals surface area contributed by atoms with Crippen molar-refractivity contribution in [1.29, 1.82) is 0 Å². The Morgan fingerprint density at radius 3 is 2.85 bits per heavy atom. The number of amides is 1. The first-order chi connectivity index (χ1) is 12.4. The summed E-state index contributed by atoms with van der Waals surface area (Å²) in [6.07, 6.45) is 3.36. The van der Waals surface area contributed by atoms with E-state index in [-0.39, 0.29) is 23.2 Å². The van der Waals surface area contributed by atoms with Gasteiger partial charge in [-0.25, -0.2) is 17.7 Å². The average Bonchev–Trinajstić information content (AvgIpc) is 2.92. The van der Waals surface area contributed by atoms with E-state index >= 15 is 0 Å². The third-order valence-electron chi connectivity index (χ3n) is 4.67. The van der Waals surface area contributed by atoms with Crippen LogP contribution in [0, 0.1) is 17.6 Å². The minimum absolute atomic E-state index is 0.119. The van der Waals surface area contributed by atoms with E-state index in [1.807, 2.05) is 0 Å². The first-order valence-electron chi connectivity index (χ1n) is 8.19. The van der Waals surface area contributed by atoms with Crippen LogP contribution >= 0.6 is 0 Å². The van der Waals surface area contributed by atoms with Gasteiger partial charge in [0, 0.05) is 31.0 Å². The van der Waals surface area contributed by atoms with Gasteiger partial charge in [-0.1, -0.05) is 0 Å². The van der Waals surface area contributed by atoms with Crippen molar-refractivity contribution < 1.29 is 22.5 Å². The van der Waals surface area contributed by atoms with Crippen LogP contribution < -0.4 is 14.8 Å². The van der Waals surface area contributed by atoms with E-state index in [2.05, 4.69) is 10.0 Å². The lowest BCUT2D eigenvalue weighted by molar-refractivity contribution is 0.100. The van der Waals surface area contributed by atoms with Crippen molar-refractivity contribution in [2.75, 3.05) is 11.9 Å². The number of carbonyl (C=O) groups excluding carboxylic acids is 1. The van der Waals surface area contributed by atoms with Gasteiger partial charge >= 0.3 is 0 Å². The number of carbonyl (C=O) groups is 1. The molecule has 2 aliphatic heterocycles. The second kappa shape index (κ2) is 6.48. The minimum atomic E-state index is -1.49. The molecule has 3 aliphatic rings. The van der Waals surface area contributed by atoms with Crippen LogP contribution in [0.25, 0.3) is 0 Å². The molecule has 1 aromatic heterocycles. The summed E-state index contributed by atoms with van der Waals surface area (Å²) < 4.78 is 49.4. The summed E-state index contributed by atoms with van der Waals surface area (Å²) in [6.45, 7) is 0.442. The monoisotopic (exact) mass is 381 g/mol. The molecule has 0 saturated heterocycles. The van der Waals surface area contributed by atoms with E-state index in [1.54, 1.807) is 13.2 Å². The van der Waals surface area contributed by atoms with Crippen LogP contribution in [0.1, 0.15) is 23.3 Å². The van der Waals surface area contributed by atoms with E-state index in [9.17, 15) is 17.8 Å². The lowest BCUT2D eigenvalue weighted by Gasteiger charge is -2.33. The maximum atomic E-state index is 13.4. The van der Waals surface area contributed by atoms with Crippen LogP contribution in [0.5, 0.6) is 5.75 Å². The molecule has 0 spiro atoms. The number of ether oxygens (including phenoxy) is 1. The van der Waals surface area contributed by atoms with Crippen LogP contribution in [0.4, 0.5) is 14.5 Å². The average molecular weight is 381 g/mol. The van der Waals surface area contributed by atoms with Gasteiger partial charge in [0.25, 0.3) is 5.91 Å². The van der Waals surface area contributed by atoms with Crippen LogP contribution in [0.3, 0.4) is 0 Å². The number of aromatic nitrogens is 1. The molecule has 138 valence electrons. The van der Waals surface area contributed by atoms with Gasteiger partial charge in [-0.2, -0.15) is 0 Å². The summed E-state index contributed by atoms with van der Waals surface area (Å²) in [6, 6.07) is 3.30. The van der Waals surface area contributed by atoms with Crippen LogP contribution in [0.2, 0.25) is 0 Å². The second-order valence-electron chi connectivity index (χ2n) is 6.60. The Labute approximate surface area is 151 Å². The topological polar surface area (TPSA) is 72.4 Å². The lowest BCUT2D eigenvalue weighted by Crippen LogP contribution is -2.42. The molecule has 2 bridgehead atoms. The number of rotatable bonds is 2. The Kier molecular flexibility index (Phi) is 4.28. The Morgan fingerprint density at radius 2 is 2.12 bits per heavy atom. The van der Waals surface area contributed by atoms with E-state index < -0.39 is 28.5 Å². The Balaban J connectivity index is 1.65. The first kappa shape index (κ1) is 17.2. The van der Waals surface area contributed by atoms with Crippen molar-refractivity contribution in [3.63, 3.8) is 0 Å². The molecule has 9 heteroatoms.